The first-order valence-corrected chi connectivity index (χ1v) is 5.85. The third-order valence-electron chi connectivity index (χ3n) is 2.04. The van der Waals surface area contributed by atoms with Gasteiger partial charge in [-0.1, -0.05) is 25.1 Å². The second kappa shape index (κ2) is 5.89. The molecule has 0 aromatic heterocycles. The number of hydrogen-bond acceptors (Lipinski definition) is 2. The second-order valence-electron chi connectivity index (χ2n) is 3.13. The van der Waals surface area contributed by atoms with E-state index in [4.69, 9.17) is 5.73 Å². The lowest BCUT2D eigenvalue weighted by Gasteiger charge is -2.09. The highest BCUT2D eigenvalue weighted by atomic mass is 32.2. The summed E-state index contributed by atoms with van der Waals surface area (Å²) in [6.45, 7) is 5.84. The zero-order valence-corrected chi connectivity index (χ0v) is 9.39. The lowest BCUT2D eigenvalue weighted by molar-refractivity contribution is 0.741. The molecule has 1 rings (SSSR count). The molecule has 0 aliphatic carbocycles. The van der Waals surface area contributed by atoms with Gasteiger partial charge in [-0.2, -0.15) is 0 Å². The highest BCUT2D eigenvalue weighted by Gasteiger charge is 2.02. The largest absolute Gasteiger partial charge is 0.324 e. The van der Waals surface area contributed by atoms with Gasteiger partial charge in [-0.15, -0.1) is 18.3 Å². The van der Waals surface area contributed by atoms with Crippen molar-refractivity contribution in [3.8, 4) is 0 Å². The average molecular weight is 207 g/mol. The molecule has 2 N–H and O–H groups in total. The molecule has 2 heteroatoms. The predicted octanol–water partition coefficient (Wildman–Crippen LogP) is 3.37. The Labute approximate surface area is 90.4 Å². The fraction of sp³-hybridized carbons (Fsp3) is 0.333. The molecule has 0 spiro atoms. The molecule has 0 saturated heterocycles. The van der Waals surface area contributed by atoms with E-state index in [0.29, 0.717) is 0 Å². The van der Waals surface area contributed by atoms with Gasteiger partial charge in [0.1, 0.15) is 0 Å². The summed E-state index contributed by atoms with van der Waals surface area (Å²) in [5.74, 6) is 1.11. The minimum Gasteiger partial charge on any atom is -0.324 e. The van der Waals surface area contributed by atoms with Crippen LogP contribution in [0.4, 0.5) is 0 Å². The zero-order chi connectivity index (χ0) is 10.4. The molecular weight excluding hydrogens is 190 g/mol. The lowest BCUT2D eigenvalue weighted by atomic mass is 10.1. The van der Waals surface area contributed by atoms with Crippen LogP contribution in [0.15, 0.2) is 41.8 Å². The highest BCUT2D eigenvalue weighted by molar-refractivity contribution is 7.99. The summed E-state index contributed by atoms with van der Waals surface area (Å²) in [5.41, 5.74) is 7.14. The maximum atomic E-state index is 5.95. The number of benzene rings is 1. The number of rotatable bonds is 5. The first kappa shape index (κ1) is 11.3. The summed E-state index contributed by atoms with van der Waals surface area (Å²) < 4.78 is 0. The van der Waals surface area contributed by atoms with Gasteiger partial charge in [-0.3, -0.25) is 0 Å². The molecule has 1 atom stereocenters. The third-order valence-corrected chi connectivity index (χ3v) is 2.93. The van der Waals surface area contributed by atoms with Crippen LogP contribution in [0.1, 0.15) is 24.9 Å². The van der Waals surface area contributed by atoms with E-state index in [-0.39, 0.29) is 6.04 Å². The summed E-state index contributed by atoms with van der Waals surface area (Å²) >= 11 is 1.85. The maximum Gasteiger partial charge on any atom is 0.0329 e. The van der Waals surface area contributed by atoms with E-state index in [2.05, 4.69) is 37.8 Å². The molecule has 0 aliphatic rings. The average Bonchev–Trinajstić information content (AvgIpc) is 2.20. The van der Waals surface area contributed by atoms with E-state index in [1.54, 1.807) is 0 Å². The molecule has 0 heterocycles. The quantitative estimate of drug-likeness (QED) is 0.591. The SMILES string of the molecule is C=CC[C@H](N)c1ccc(SCC)cc1. The first-order chi connectivity index (χ1) is 6.77. The molecule has 1 aromatic carbocycles. The van der Waals surface area contributed by atoms with Crippen LogP contribution >= 0.6 is 11.8 Å². The molecule has 0 fully saturated rings. The van der Waals surface area contributed by atoms with Crippen molar-refractivity contribution in [2.24, 2.45) is 5.73 Å². The topological polar surface area (TPSA) is 26.0 Å². The summed E-state index contributed by atoms with van der Waals surface area (Å²) in [6, 6.07) is 8.56. The molecule has 14 heavy (non-hydrogen) atoms. The smallest absolute Gasteiger partial charge is 0.0329 e. The van der Waals surface area contributed by atoms with Crippen molar-refractivity contribution in [3.05, 3.63) is 42.5 Å². The van der Waals surface area contributed by atoms with Crippen molar-refractivity contribution in [3.63, 3.8) is 0 Å². The van der Waals surface area contributed by atoms with Gasteiger partial charge < -0.3 is 5.73 Å². The van der Waals surface area contributed by atoms with Gasteiger partial charge in [0.05, 0.1) is 0 Å². The fourth-order valence-electron chi connectivity index (χ4n) is 1.29. The molecule has 0 radical (unpaired) electrons. The minimum absolute atomic E-state index is 0.0909. The molecule has 0 bridgehead atoms. The summed E-state index contributed by atoms with van der Waals surface area (Å²) in [5, 5.41) is 0. The van der Waals surface area contributed by atoms with Crippen molar-refractivity contribution < 1.29 is 0 Å². The molecular formula is C12H17NS. The third kappa shape index (κ3) is 3.20. The van der Waals surface area contributed by atoms with E-state index >= 15 is 0 Å². The van der Waals surface area contributed by atoms with Crippen LogP contribution in [0.5, 0.6) is 0 Å². The Morgan fingerprint density at radius 2 is 2.07 bits per heavy atom. The Morgan fingerprint density at radius 1 is 1.43 bits per heavy atom. The lowest BCUT2D eigenvalue weighted by Crippen LogP contribution is -2.08. The van der Waals surface area contributed by atoms with E-state index < -0.39 is 0 Å². The van der Waals surface area contributed by atoms with Crippen LogP contribution in [0.3, 0.4) is 0 Å². The molecule has 0 amide bonds. The fourth-order valence-corrected chi connectivity index (χ4v) is 1.96. The first-order valence-electron chi connectivity index (χ1n) is 4.87. The van der Waals surface area contributed by atoms with E-state index in [1.165, 1.54) is 10.5 Å². The Hall–Kier alpha value is -0.730. The van der Waals surface area contributed by atoms with Gasteiger partial charge in [-0.25, -0.2) is 0 Å². The van der Waals surface area contributed by atoms with Crippen LogP contribution in [0, 0.1) is 0 Å². The maximum absolute atomic E-state index is 5.95. The van der Waals surface area contributed by atoms with Crippen molar-refractivity contribution >= 4 is 11.8 Å². The molecule has 0 aliphatic heterocycles. The van der Waals surface area contributed by atoms with Crippen LogP contribution in [0.2, 0.25) is 0 Å². The standard InChI is InChI=1S/C12H17NS/c1-3-5-12(13)10-6-8-11(9-7-10)14-4-2/h3,6-9,12H,1,4-5,13H2,2H3/t12-/m0/s1. The molecule has 76 valence electrons. The molecule has 1 nitrogen and oxygen atoms in total. The number of nitrogens with two attached hydrogens (primary N) is 1. The summed E-state index contributed by atoms with van der Waals surface area (Å²) in [7, 11) is 0. The molecule has 1 aromatic rings. The summed E-state index contributed by atoms with van der Waals surface area (Å²) in [4.78, 5) is 1.31. The van der Waals surface area contributed by atoms with E-state index in [9.17, 15) is 0 Å². The Morgan fingerprint density at radius 3 is 2.57 bits per heavy atom. The Kier molecular flexibility index (Phi) is 4.77. The monoisotopic (exact) mass is 207 g/mol. The van der Waals surface area contributed by atoms with Crippen molar-refractivity contribution in [2.75, 3.05) is 5.75 Å². The van der Waals surface area contributed by atoms with Crippen LogP contribution in [-0.2, 0) is 0 Å². The summed E-state index contributed by atoms with van der Waals surface area (Å²) in [6.07, 6.45) is 2.69. The molecule has 0 unspecified atom stereocenters. The number of hydrogen-bond donors (Lipinski definition) is 1. The van der Waals surface area contributed by atoms with Gasteiger partial charge in [0.2, 0.25) is 0 Å². The van der Waals surface area contributed by atoms with Crippen molar-refractivity contribution in [2.45, 2.75) is 24.3 Å². The van der Waals surface area contributed by atoms with Gasteiger partial charge >= 0.3 is 0 Å². The minimum atomic E-state index is 0.0909. The molecule has 0 saturated carbocycles. The van der Waals surface area contributed by atoms with Crippen LogP contribution in [0.25, 0.3) is 0 Å². The van der Waals surface area contributed by atoms with Gasteiger partial charge in [0.15, 0.2) is 0 Å². The van der Waals surface area contributed by atoms with Gasteiger partial charge in [0.25, 0.3) is 0 Å². The van der Waals surface area contributed by atoms with Crippen LogP contribution in [-0.4, -0.2) is 5.75 Å². The van der Waals surface area contributed by atoms with Crippen molar-refractivity contribution in [1.82, 2.24) is 0 Å². The zero-order valence-electron chi connectivity index (χ0n) is 8.57. The Balaban J connectivity index is 2.67. The normalized spacial score (nSPS) is 12.4. The van der Waals surface area contributed by atoms with Gasteiger partial charge in [-0.05, 0) is 29.9 Å². The second-order valence-corrected chi connectivity index (χ2v) is 4.47. The number of thioether (sulfide) groups is 1. The van der Waals surface area contributed by atoms with E-state index in [0.717, 1.165) is 12.2 Å². The van der Waals surface area contributed by atoms with Crippen molar-refractivity contribution in [1.29, 1.82) is 0 Å². The van der Waals surface area contributed by atoms with Gasteiger partial charge in [0, 0.05) is 10.9 Å². The Bertz CT molecular complexity index is 279. The van der Waals surface area contributed by atoms with Crippen LogP contribution < -0.4 is 5.73 Å². The predicted molar refractivity (Wildman–Crippen MR) is 64.6 cm³/mol. The van der Waals surface area contributed by atoms with E-state index in [1.807, 2.05) is 17.8 Å². The highest BCUT2D eigenvalue weighted by Crippen LogP contribution is 2.21.